The first-order valence-corrected chi connectivity index (χ1v) is 8.14. The fourth-order valence-electron chi connectivity index (χ4n) is 3.38. The lowest BCUT2D eigenvalue weighted by Crippen LogP contribution is -2.27. The molecule has 1 aliphatic carbocycles. The molecular weight excluding hydrogens is 297 g/mol. The predicted octanol–water partition coefficient (Wildman–Crippen LogP) is 6.07. The molecule has 118 valence electrons. The smallest absolute Gasteiger partial charge is 0.166 e. The first-order valence-electron chi connectivity index (χ1n) is 7.70. The fourth-order valence-corrected chi connectivity index (χ4v) is 3.70. The summed E-state index contributed by atoms with van der Waals surface area (Å²) in [6.07, 6.45) is 1.91. The Hall–Kier alpha value is -0.700. The molecule has 0 spiro atoms. The van der Waals surface area contributed by atoms with Gasteiger partial charge in [-0.2, -0.15) is 13.2 Å². The third-order valence-electron chi connectivity index (χ3n) is 4.45. The van der Waals surface area contributed by atoms with Crippen LogP contribution in [0.3, 0.4) is 0 Å². The minimum Gasteiger partial charge on any atom is -0.166 e. The minimum absolute atomic E-state index is 0.0904. The van der Waals surface area contributed by atoms with E-state index in [2.05, 4.69) is 6.92 Å². The minimum atomic E-state index is -4.27. The van der Waals surface area contributed by atoms with E-state index in [1.165, 1.54) is 18.6 Å². The molecule has 1 aliphatic rings. The Labute approximate surface area is 129 Å². The van der Waals surface area contributed by atoms with Crippen LogP contribution in [0.4, 0.5) is 13.2 Å². The number of rotatable bonds is 4. The standard InChI is InChI=1S/C17H22ClF3/c1-2-4-12-7-8-16(18)14(9-12)10-13-5-3-6-15(11-13)17(19,20)21/h3,5-6,11-12,14,16H,2,4,7-10H2,1H3. The Morgan fingerprint density at radius 1 is 1.24 bits per heavy atom. The predicted molar refractivity (Wildman–Crippen MR) is 80.5 cm³/mol. The van der Waals surface area contributed by atoms with E-state index >= 15 is 0 Å². The summed E-state index contributed by atoms with van der Waals surface area (Å²) in [5, 5.41) is 0.0904. The van der Waals surface area contributed by atoms with E-state index < -0.39 is 11.7 Å². The highest BCUT2D eigenvalue weighted by Gasteiger charge is 2.32. The summed E-state index contributed by atoms with van der Waals surface area (Å²) in [4.78, 5) is 0. The van der Waals surface area contributed by atoms with Gasteiger partial charge in [0.25, 0.3) is 0 Å². The van der Waals surface area contributed by atoms with Gasteiger partial charge >= 0.3 is 6.18 Å². The van der Waals surface area contributed by atoms with Crippen LogP contribution >= 0.6 is 11.6 Å². The van der Waals surface area contributed by atoms with Gasteiger partial charge in [-0.05, 0) is 49.1 Å². The maximum absolute atomic E-state index is 12.8. The molecule has 0 nitrogen and oxygen atoms in total. The summed E-state index contributed by atoms with van der Waals surface area (Å²) in [6.45, 7) is 2.18. The molecule has 3 unspecified atom stereocenters. The van der Waals surface area contributed by atoms with Crippen molar-refractivity contribution >= 4 is 11.6 Å². The molecule has 2 rings (SSSR count). The van der Waals surface area contributed by atoms with E-state index in [4.69, 9.17) is 11.6 Å². The van der Waals surface area contributed by atoms with Gasteiger partial charge in [0.2, 0.25) is 0 Å². The molecular formula is C17H22ClF3. The van der Waals surface area contributed by atoms with Crippen molar-refractivity contribution in [1.29, 1.82) is 0 Å². The van der Waals surface area contributed by atoms with Crippen molar-refractivity contribution in [3.8, 4) is 0 Å². The van der Waals surface area contributed by atoms with Gasteiger partial charge in [0.15, 0.2) is 0 Å². The lowest BCUT2D eigenvalue weighted by atomic mass is 9.76. The second-order valence-corrected chi connectivity index (χ2v) is 6.71. The zero-order valence-corrected chi connectivity index (χ0v) is 13.1. The molecule has 0 aliphatic heterocycles. The molecule has 0 bridgehead atoms. The highest BCUT2D eigenvalue weighted by atomic mass is 35.5. The highest BCUT2D eigenvalue weighted by Crippen LogP contribution is 2.37. The van der Waals surface area contributed by atoms with Gasteiger partial charge in [0, 0.05) is 5.38 Å². The molecule has 1 aromatic rings. The quantitative estimate of drug-likeness (QED) is 0.591. The molecule has 0 aromatic heterocycles. The third kappa shape index (κ3) is 4.64. The average molecular weight is 319 g/mol. The topological polar surface area (TPSA) is 0 Å². The molecule has 1 fully saturated rings. The Morgan fingerprint density at radius 2 is 2.00 bits per heavy atom. The van der Waals surface area contributed by atoms with Gasteiger partial charge in [-0.15, -0.1) is 11.6 Å². The molecule has 0 saturated heterocycles. The number of alkyl halides is 4. The van der Waals surface area contributed by atoms with E-state index in [1.54, 1.807) is 6.07 Å². The molecule has 0 radical (unpaired) electrons. The van der Waals surface area contributed by atoms with E-state index in [0.29, 0.717) is 18.3 Å². The Kier molecular flexibility index (Phi) is 5.59. The Morgan fingerprint density at radius 3 is 2.67 bits per heavy atom. The summed E-state index contributed by atoms with van der Waals surface area (Å²) >= 11 is 6.41. The van der Waals surface area contributed by atoms with Crippen molar-refractivity contribution in [1.82, 2.24) is 0 Å². The first kappa shape index (κ1) is 16.7. The summed E-state index contributed by atoms with van der Waals surface area (Å²) in [5.74, 6) is 0.973. The van der Waals surface area contributed by atoms with Crippen LogP contribution in [0.5, 0.6) is 0 Å². The van der Waals surface area contributed by atoms with Crippen LogP contribution in [0, 0.1) is 11.8 Å². The van der Waals surface area contributed by atoms with Crippen molar-refractivity contribution in [2.45, 2.75) is 57.0 Å². The van der Waals surface area contributed by atoms with Gasteiger partial charge in [-0.1, -0.05) is 38.0 Å². The van der Waals surface area contributed by atoms with Crippen LogP contribution in [0.15, 0.2) is 24.3 Å². The lowest BCUT2D eigenvalue weighted by Gasteiger charge is -2.33. The van der Waals surface area contributed by atoms with Gasteiger partial charge in [-0.25, -0.2) is 0 Å². The van der Waals surface area contributed by atoms with Crippen molar-refractivity contribution in [3.63, 3.8) is 0 Å². The molecule has 0 heterocycles. The molecule has 21 heavy (non-hydrogen) atoms. The summed E-state index contributed by atoms with van der Waals surface area (Å²) in [7, 11) is 0. The average Bonchev–Trinajstić information content (AvgIpc) is 2.42. The van der Waals surface area contributed by atoms with Crippen molar-refractivity contribution in [2.24, 2.45) is 11.8 Å². The number of hydrogen-bond donors (Lipinski definition) is 0. The van der Waals surface area contributed by atoms with E-state index in [-0.39, 0.29) is 5.38 Å². The number of hydrogen-bond acceptors (Lipinski definition) is 0. The maximum atomic E-state index is 12.8. The third-order valence-corrected chi connectivity index (χ3v) is 5.02. The van der Waals surface area contributed by atoms with Gasteiger partial charge in [-0.3, -0.25) is 0 Å². The van der Waals surface area contributed by atoms with Crippen LogP contribution in [-0.2, 0) is 12.6 Å². The Balaban J connectivity index is 2.06. The fraction of sp³-hybridized carbons (Fsp3) is 0.647. The maximum Gasteiger partial charge on any atom is 0.416 e. The molecule has 1 aromatic carbocycles. The van der Waals surface area contributed by atoms with Crippen LogP contribution in [0.2, 0.25) is 0 Å². The molecule has 0 amide bonds. The summed E-state index contributed by atoms with van der Waals surface area (Å²) in [6, 6.07) is 5.67. The zero-order valence-electron chi connectivity index (χ0n) is 12.3. The van der Waals surface area contributed by atoms with Crippen molar-refractivity contribution in [2.75, 3.05) is 0 Å². The van der Waals surface area contributed by atoms with Crippen LogP contribution in [-0.4, -0.2) is 5.38 Å². The normalized spacial score (nSPS) is 26.8. The summed E-state index contributed by atoms with van der Waals surface area (Å²) < 4.78 is 38.3. The molecule has 4 heteroatoms. The monoisotopic (exact) mass is 318 g/mol. The summed E-state index contributed by atoms with van der Waals surface area (Å²) in [5.41, 5.74) is 0.185. The SMILES string of the molecule is CCCC1CCC(Cl)C(Cc2cccc(C(F)(F)F)c2)C1. The van der Waals surface area contributed by atoms with Gasteiger partial charge < -0.3 is 0 Å². The molecule has 3 atom stereocenters. The highest BCUT2D eigenvalue weighted by molar-refractivity contribution is 6.20. The number of halogens is 4. The van der Waals surface area contributed by atoms with Gasteiger partial charge in [0.1, 0.15) is 0 Å². The van der Waals surface area contributed by atoms with Crippen molar-refractivity contribution in [3.05, 3.63) is 35.4 Å². The largest absolute Gasteiger partial charge is 0.416 e. The first-order chi connectivity index (χ1) is 9.90. The van der Waals surface area contributed by atoms with E-state index in [9.17, 15) is 13.2 Å². The van der Waals surface area contributed by atoms with Crippen LogP contribution in [0.1, 0.15) is 50.2 Å². The van der Waals surface area contributed by atoms with Gasteiger partial charge in [0.05, 0.1) is 5.56 Å². The van der Waals surface area contributed by atoms with E-state index in [1.807, 2.05) is 0 Å². The van der Waals surface area contributed by atoms with Crippen LogP contribution in [0.25, 0.3) is 0 Å². The second kappa shape index (κ2) is 7.04. The molecule has 0 N–H and O–H groups in total. The molecule has 1 saturated carbocycles. The van der Waals surface area contributed by atoms with Crippen LogP contribution < -0.4 is 0 Å². The van der Waals surface area contributed by atoms with E-state index in [0.717, 1.165) is 37.3 Å². The lowest BCUT2D eigenvalue weighted by molar-refractivity contribution is -0.137. The second-order valence-electron chi connectivity index (χ2n) is 6.15. The van der Waals surface area contributed by atoms with Crippen molar-refractivity contribution < 1.29 is 13.2 Å². The number of benzene rings is 1. The zero-order chi connectivity index (χ0) is 15.5. The Bertz CT molecular complexity index is 456.